The second-order valence-corrected chi connectivity index (χ2v) is 22.0. The third kappa shape index (κ3) is 16.8. The summed E-state index contributed by atoms with van der Waals surface area (Å²) in [6.45, 7) is 29.3. The van der Waals surface area contributed by atoms with Crippen LogP contribution < -0.4 is 19.9 Å². The first-order chi connectivity index (χ1) is 35.5. The Kier molecular flexibility index (Phi) is 25.8. The van der Waals surface area contributed by atoms with Crippen molar-refractivity contribution < 1.29 is 38.6 Å². The van der Waals surface area contributed by atoms with Gasteiger partial charge in [0.1, 0.15) is 18.5 Å². The Labute approximate surface area is 466 Å². The number of allylic oxidation sites excluding steroid dienone is 5. The number of aldehydes is 1. The molecule has 0 aliphatic carbocycles. The number of aryl methyl sites for hydroxylation is 1. The number of methoxy groups -OCH3 is 1. The maximum Gasteiger partial charge on any atom is 2.00 e. The van der Waals surface area contributed by atoms with E-state index in [9.17, 15) is 14.4 Å². The normalized spacial score (nSPS) is 15.9. The van der Waals surface area contributed by atoms with E-state index in [0.717, 1.165) is 90.4 Å². The first-order valence-electron chi connectivity index (χ1n) is 28.3. The zero-order valence-corrected chi connectivity index (χ0v) is 49.6. The molecular weight excluding hydrogens is 947 g/mol. The number of aromatic amines is 2. The second-order valence-electron chi connectivity index (χ2n) is 22.0. The summed E-state index contributed by atoms with van der Waals surface area (Å²) in [5.41, 5.74) is 11.2. The van der Waals surface area contributed by atoms with Gasteiger partial charge in [-0.05, 0) is 113 Å². The number of H-pyrrole nitrogens is 2. The summed E-state index contributed by atoms with van der Waals surface area (Å²) in [5, 5.41) is 0. The average Bonchev–Trinajstić information content (AvgIpc) is 4.07. The van der Waals surface area contributed by atoms with E-state index in [1.165, 1.54) is 57.6 Å². The van der Waals surface area contributed by atoms with Gasteiger partial charge in [0.2, 0.25) is 22.8 Å². The minimum Gasteiger partial charge on any atom is -0.664 e. The predicted octanol–water partition coefficient (Wildman–Crippen LogP) is 12.9. The van der Waals surface area contributed by atoms with E-state index in [1.54, 1.807) is 6.08 Å². The van der Waals surface area contributed by atoms with Crippen molar-refractivity contribution in [3.8, 4) is 0 Å². The van der Waals surface area contributed by atoms with E-state index in [2.05, 4.69) is 71.9 Å². The van der Waals surface area contributed by atoms with Crippen LogP contribution in [0.15, 0.2) is 42.5 Å². The van der Waals surface area contributed by atoms with Crippen LogP contribution in [-0.2, 0) is 36.7 Å². The van der Waals surface area contributed by atoms with Gasteiger partial charge in [-0.3, -0.25) is 19.2 Å². The molecular formula is C63H91MgN5O6+2. The summed E-state index contributed by atoms with van der Waals surface area (Å²) in [6.07, 6.45) is 20.3. The van der Waals surface area contributed by atoms with Gasteiger partial charge in [0.05, 0.1) is 19.1 Å². The Morgan fingerprint density at radius 1 is 0.787 bits per heavy atom. The monoisotopic (exact) mass is 1040 g/mol. The summed E-state index contributed by atoms with van der Waals surface area (Å²) in [5.74, 6) is 0.844. The summed E-state index contributed by atoms with van der Waals surface area (Å²) in [4.78, 5) is 75.1. The largest absolute Gasteiger partial charge is 2.00 e. The smallest absolute Gasteiger partial charge is 0.664 e. The summed E-state index contributed by atoms with van der Waals surface area (Å²) in [7, 11) is 1.36. The van der Waals surface area contributed by atoms with Crippen molar-refractivity contribution in [2.24, 2.45) is 17.8 Å². The molecule has 0 fully saturated rings. The van der Waals surface area contributed by atoms with Crippen molar-refractivity contribution in [2.75, 3.05) is 26.8 Å². The molecule has 4 atom stereocenters. The molecule has 2 aromatic heterocycles. The molecule has 5 heterocycles. The van der Waals surface area contributed by atoms with Gasteiger partial charge < -0.3 is 24.3 Å². The summed E-state index contributed by atoms with van der Waals surface area (Å²) < 4.78 is 11.3. The van der Waals surface area contributed by atoms with E-state index in [-0.39, 0.29) is 66.2 Å². The number of ether oxygens (including phenoxy) is 2. The number of esters is 2. The van der Waals surface area contributed by atoms with Gasteiger partial charge in [0, 0.05) is 41.8 Å². The molecule has 0 saturated heterocycles. The molecule has 0 spiro atoms. The van der Waals surface area contributed by atoms with Crippen LogP contribution in [0.1, 0.15) is 240 Å². The zero-order chi connectivity index (χ0) is 54.1. The van der Waals surface area contributed by atoms with E-state index in [1.807, 2.05) is 49.9 Å². The Morgan fingerprint density at radius 3 is 2.01 bits per heavy atom. The van der Waals surface area contributed by atoms with E-state index < -0.39 is 5.97 Å². The van der Waals surface area contributed by atoms with Gasteiger partial charge in [-0.25, -0.2) is 9.97 Å². The fraction of sp³-hybridized carbons (Fsp3) is 0.587. The minimum absolute atomic E-state index is 0. The van der Waals surface area contributed by atoms with Crippen LogP contribution >= 0.6 is 0 Å². The van der Waals surface area contributed by atoms with E-state index >= 15 is 4.79 Å². The number of unbranched alkanes of at least 4 members (excludes halogenated alkanes) is 2. The molecule has 1 amide bonds. The maximum absolute atomic E-state index is 15.2. The summed E-state index contributed by atoms with van der Waals surface area (Å²) in [6, 6.07) is 5.84. The number of hydrogen-bond acceptors (Lipinski definition) is 6. The molecule has 5 rings (SSSR count). The third-order valence-electron chi connectivity index (χ3n) is 15.7. The van der Waals surface area contributed by atoms with Crippen molar-refractivity contribution in [1.82, 2.24) is 14.9 Å². The molecule has 0 saturated carbocycles. The van der Waals surface area contributed by atoms with E-state index in [4.69, 9.17) is 19.4 Å². The van der Waals surface area contributed by atoms with Crippen LogP contribution in [0, 0.1) is 17.8 Å². The molecule has 2 N–H and O–H groups in total. The molecule has 3 aliphatic heterocycles. The van der Waals surface area contributed by atoms with Gasteiger partial charge in [0.25, 0.3) is 5.91 Å². The van der Waals surface area contributed by atoms with Crippen LogP contribution in [0.5, 0.6) is 0 Å². The standard InChI is InChI=1S/C63H90N5O6.Mg/c1-14-18-32-68(33-19-15-2)63(72)60-46(12)54-37-56-48(17-4)51(39-69)57(65-56)38-55-47(16-3)44(10)52(64-55)36-53-45(11)49(61(66-53)50(62(60)67-54)35-59(71)73-13)29-30-58(70)74-34-31-43(9)28-22-27-42(8)26-21-25-41(7)24-20-23-40(5)6;/h16,31,36-42,45,49H,3,14-15,17-30,32-35H2,1-2,4-13H3,(H-,64,65,66,67,69,72);/q-1;+2/p+1/b43-31+;. The van der Waals surface area contributed by atoms with E-state index in [0.29, 0.717) is 82.2 Å². The predicted molar refractivity (Wildman–Crippen MR) is 305 cm³/mol. The molecule has 11 nitrogen and oxygen atoms in total. The molecule has 3 aliphatic rings. The Morgan fingerprint density at radius 2 is 1.41 bits per heavy atom. The number of fused-ring (bicyclic) bond motifs is 8. The number of nitrogens with zero attached hydrogens (tertiary/aromatic N) is 3. The van der Waals surface area contributed by atoms with Gasteiger partial charge in [-0.15, -0.1) is 22.4 Å². The van der Waals surface area contributed by atoms with Crippen LogP contribution in [-0.4, -0.2) is 78.9 Å². The van der Waals surface area contributed by atoms with Crippen molar-refractivity contribution >= 4 is 80.5 Å². The topological polar surface area (TPSA) is 146 Å². The van der Waals surface area contributed by atoms with Gasteiger partial charge in [-0.1, -0.05) is 137 Å². The molecule has 12 heteroatoms. The second kappa shape index (κ2) is 30.8. The minimum atomic E-state index is -0.484. The Hall–Kier alpha value is -4.81. The third-order valence-corrected chi connectivity index (χ3v) is 15.7. The number of rotatable bonds is 29. The van der Waals surface area contributed by atoms with Crippen molar-refractivity contribution in [3.05, 3.63) is 93.4 Å². The first-order valence-corrected chi connectivity index (χ1v) is 28.3. The molecule has 404 valence electrons. The molecule has 2 aromatic rings. The summed E-state index contributed by atoms with van der Waals surface area (Å²) >= 11 is 0. The first kappa shape index (κ1) is 62.7. The number of aromatic nitrogens is 4. The quantitative estimate of drug-likeness (QED) is 0.0339. The van der Waals surface area contributed by atoms with Crippen molar-refractivity contribution in [1.29, 1.82) is 0 Å². The van der Waals surface area contributed by atoms with Crippen molar-refractivity contribution in [3.63, 3.8) is 0 Å². The van der Waals surface area contributed by atoms with Crippen molar-refractivity contribution in [2.45, 2.75) is 197 Å². The van der Waals surface area contributed by atoms with Gasteiger partial charge in [-0.2, -0.15) is 0 Å². The molecule has 4 unspecified atom stereocenters. The molecule has 75 heavy (non-hydrogen) atoms. The number of nitrogens with one attached hydrogen (secondary N) is 2. The SMILES string of the molecule is C=CC1=C(C)c2cc3[n-]c(c(CC(=O)OC)c4[nH+]c(cc5[n-]c(cc1[nH+]2)c(C=O)c5CC)C(C)=C4C(=O)N(CCCC)CCCC)C(CCC(=O)OC/C=C(\C)CCCC(C)CCCC(C)CCCC(C)C)C3C.[Mg+2]. The Balaban J connectivity index is 0.0000122. The number of amides is 1. The molecule has 0 radical (unpaired) electrons. The molecule has 0 aromatic carbocycles. The maximum atomic E-state index is 15.2. The number of carbonyl (C=O) groups excluding carboxylic acids is 4. The Bertz CT molecular complexity index is 2610. The fourth-order valence-electron chi connectivity index (χ4n) is 10.9. The fourth-order valence-corrected chi connectivity index (χ4v) is 10.9. The zero-order valence-electron chi connectivity index (χ0n) is 48.2. The number of hydrogen-bond donors (Lipinski definition) is 0. The number of carbonyl (C=O) groups is 4. The van der Waals surface area contributed by atoms with Crippen LogP contribution in [0.25, 0.3) is 33.3 Å². The average molecular weight is 1040 g/mol. The van der Waals surface area contributed by atoms with Crippen LogP contribution in [0.2, 0.25) is 0 Å². The van der Waals surface area contributed by atoms with Gasteiger partial charge in [0.15, 0.2) is 0 Å². The molecule has 8 bridgehead atoms. The van der Waals surface area contributed by atoms with Crippen LogP contribution in [0.3, 0.4) is 0 Å². The van der Waals surface area contributed by atoms with Crippen LogP contribution in [0.4, 0.5) is 0 Å². The van der Waals surface area contributed by atoms with Gasteiger partial charge >= 0.3 is 35.0 Å².